The first-order valence-corrected chi connectivity index (χ1v) is 16.4. The Bertz CT molecular complexity index is 2050. The highest BCUT2D eigenvalue weighted by molar-refractivity contribution is 8.00. The van der Waals surface area contributed by atoms with E-state index >= 15 is 0 Å². The summed E-state index contributed by atoms with van der Waals surface area (Å²) in [4.78, 5) is 10.9. The third kappa shape index (κ3) is 4.18. The molecule has 6 heteroatoms. The van der Waals surface area contributed by atoms with E-state index in [9.17, 15) is 0 Å². The number of aromatic nitrogens is 1. The molecule has 0 amide bonds. The summed E-state index contributed by atoms with van der Waals surface area (Å²) in [5, 5.41) is 4.92. The van der Waals surface area contributed by atoms with Crippen molar-refractivity contribution in [1.82, 2.24) is 4.98 Å². The minimum atomic E-state index is 0.212. The fourth-order valence-electron chi connectivity index (χ4n) is 6.19. The molecule has 2 aliphatic rings. The van der Waals surface area contributed by atoms with Crippen molar-refractivity contribution in [3.8, 4) is 10.6 Å². The summed E-state index contributed by atoms with van der Waals surface area (Å²) in [5.41, 5.74) is 11.5. The normalized spacial score (nSPS) is 15.0. The highest BCUT2D eigenvalue weighted by atomic mass is 32.2. The molecular weight excluding hydrogens is 577 g/mol. The fraction of sp³-hybridized carbons (Fsp3) is 0.0263. The zero-order valence-corrected chi connectivity index (χ0v) is 25.2. The summed E-state index contributed by atoms with van der Waals surface area (Å²) < 4.78 is 1.21. The first-order chi connectivity index (χ1) is 21.8. The molecule has 1 N–H and O–H groups in total. The first kappa shape index (κ1) is 25.5. The Balaban J connectivity index is 1.08. The summed E-state index contributed by atoms with van der Waals surface area (Å²) in [6, 6.07) is 52.0. The van der Waals surface area contributed by atoms with Gasteiger partial charge in [0.05, 0.1) is 33.0 Å². The lowest BCUT2D eigenvalue weighted by atomic mass is 10.0. The Morgan fingerprint density at radius 2 is 1.09 bits per heavy atom. The minimum Gasteiger partial charge on any atom is -0.368 e. The van der Waals surface area contributed by atoms with E-state index in [1.54, 1.807) is 11.3 Å². The minimum absolute atomic E-state index is 0.212. The zero-order valence-electron chi connectivity index (χ0n) is 23.6. The Morgan fingerprint density at radius 1 is 0.545 bits per heavy atom. The van der Waals surface area contributed by atoms with E-state index in [0.29, 0.717) is 0 Å². The molecule has 0 aliphatic carbocycles. The van der Waals surface area contributed by atoms with E-state index in [2.05, 4.69) is 155 Å². The van der Waals surface area contributed by atoms with Crippen molar-refractivity contribution in [3.63, 3.8) is 0 Å². The largest absolute Gasteiger partial charge is 0.368 e. The Kier molecular flexibility index (Phi) is 5.96. The van der Waals surface area contributed by atoms with Crippen LogP contribution in [0.1, 0.15) is 10.9 Å². The second-order valence-corrected chi connectivity index (χ2v) is 13.1. The van der Waals surface area contributed by atoms with Gasteiger partial charge in [0.1, 0.15) is 10.4 Å². The average molecular weight is 603 g/mol. The van der Waals surface area contributed by atoms with Gasteiger partial charge in [-0.3, -0.25) is 0 Å². The maximum atomic E-state index is 4.88. The van der Waals surface area contributed by atoms with Crippen LogP contribution >= 0.6 is 23.1 Å². The molecule has 3 heterocycles. The maximum Gasteiger partial charge on any atom is 0.124 e. The second-order valence-electron chi connectivity index (χ2n) is 10.9. The number of anilines is 7. The van der Waals surface area contributed by atoms with Crippen LogP contribution in [0.15, 0.2) is 150 Å². The standard InChI is InChI=1S/C38H26N4S2/c1-7-15-35-29(9-1)39-37(43-35)25-17-21-27(22-18-25)41-31-11-3-5-13-33(31)42(34-14-6-4-12-32(34)41)28-23-19-26(20-24-28)38-40-30-10-2-8-16-36(30)44-38/h1-24,37,39H. The van der Waals surface area contributed by atoms with E-state index in [4.69, 9.17) is 4.98 Å². The van der Waals surface area contributed by atoms with Gasteiger partial charge in [0, 0.05) is 27.5 Å². The monoisotopic (exact) mass is 602 g/mol. The van der Waals surface area contributed by atoms with E-state index < -0.39 is 0 Å². The zero-order chi connectivity index (χ0) is 29.0. The van der Waals surface area contributed by atoms with Crippen molar-refractivity contribution in [2.24, 2.45) is 0 Å². The van der Waals surface area contributed by atoms with Gasteiger partial charge < -0.3 is 15.1 Å². The SMILES string of the molecule is c1ccc2c(c1)NC(c1ccc(N3c4ccccc4N(c4ccc(-c5nc6ccccc6s5)cc4)c4ccccc43)cc1)S2. The van der Waals surface area contributed by atoms with Gasteiger partial charge in [0.15, 0.2) is 0 Å². The van der Waals surface area contributed by atoms with Gasteiger partial charge in [0.2, 0.25) is 0 Å². The molecule has 6 aromatic carbocycles. The maximum absolute atomic E-state index is 4.88. The van der Waals surface area contributed by atoms with Crippen LogP contribution in [0, 0.1) is 0 Å². The predicted octanol–water partition coefficient (Wildman–Crippen LogP) is 11.4. The third-order valence-corrected chi connectivity index (χ3v) is 10.6. The van der Waals surface area contributed by atoms with Gasteiger partial charge in [-0.2, -0.15) is 0 Å². The van der Waals surface area contributed by atoms with Crippen LogP contribution < -0.4 is 15.1 Å². The van der Waals surface area contributed by atoms with Crippen molar-refractivity contribution < 1.29 is 0 Å². The molecule has 9 rings (SSSR count). The molecule has 0 radical (unpaired) electrons. The lowest BCUT2D eigenvalue weighted by Gasteiger charge is -2.40. The summed E-state index contributed by atoms with van der Waals surface area (Å²) in [6.07, 6.45) is 0. The predicted molar refractivity (Wildman–Crippen MR) is 187 cm³/mol. The molecule has 0 saturated carbocycles. The van der Waals surface area contributed by atoms with Crippen molar-refractivity contribution in [1.29, 1.82) is 0 Å². The van der Waals surface area contributed by atoms with Gasteiger partial charge in [-0.25, -0.2) is 4.98 Å². The smallest absolute Gasteiger partial charge is 0.124 e. The summed E-state index contributed by atoms with van der Waals surface area (Å²) >= 11 is 3.61. The number of nitrogens with one attached hydrogen (secondary N) is 1. The van der Waals surface area contributed by atoms with E-state index in [0.717, 1.165) is 50.2 Å². The molecule has 0 saturated heterocycles. The number of benzene rings is 6. The molecule has 2 aliphatic heterocycles. The third-order valence-electron chi connectivity index (χ3n) is 8.27. The van der Waals surface area contributed by atoms with Crippen LogP contribution in [-0.2, 0) is 0 Å². The van der Waals surface area contributed by atoms with E-state index in [1.807, 2.05) is 17.8 Å². The van der Waals surface area contributed by atoms with Crippen LogP contribution in [0.3, 0.4) is 0 Å². The molecule has 44 heavy (non-hydrogen) atoms. The quantitative estimate of drug-likeness (QED) is 0.217. The van der Waals surface area contributed by atoms with E-state index in [1.165, 1.54) is 20.8 Å². The molecule has 4 nitrogen and oxygen atoms in total. The van der Waals surface area contributed by atoms with Crippen molar-refractivity contribution in [2.45, 2.75) is 10.3 Å². The Hall–Kier alpha value is -5.04. The highest BCUT2D eigenvalue weighted by Gasteiger charge is 2.30. The molecular formula is C38H26N4S2. The van der Waals surface area contributed by atoms with Crippen LogP contribution in [0.4, 0.5) is 39.8 Å². The lowest BCUT2D eigenvalue weighted by Crippen LogP contribution is -2.23. The molecule has 0 spiro atoms. The number of para-hydroxylation sites is 6. The van der Waals surface area contributed by atoms with Gasteiger partial charge in [-0.05, 0) is 90.5 Å². The van der Waals surface area contributed by atoms with Gasteiger partial charge >= 0.3 is 0 Å². The number of nitrogens with zero attached hydrogens (tertiary/aromatic N) is 3. The first-order valence-electron chi connectivity index (χ1n) is 14.7. The molecule has 1 atom stereocenters. The number of thioether (sulfide) groups is 1. The van der Waals surface area contributed by atoms with Crippen molar-refractivity contribution >= 4 is 73.1 Å². The van der Waals surface area contributed by atoms with Gasteiger partial charge in [-0.1, -0.05) is 72.4 Å². The highest BCUT2D eigenvalue weighted by Crippen LogP contribution is 2.54. The van der Waals surface area contributed by atoms with Crippen molar-refractivity contribution in [3.05, 3.63) is 151 Å². The van der Waals surface area contributed by atoms with E-state index in [-0.39, 0.29) is 5.37 Å². The van der Waals surface area contributed by atoms with Crippen LogP contribution in [0.25, 0.3) is 20.8 Å². The topological polar surface area (TPSA) is 31.4 Å². The van der Waals surface area contributed by atoms with Gasteiger partial charge in [-0.15, -0.1) is 11.3 Å². The molecule has 1 aromatic heterocycles. The number of thiazole rings is 1. The lowest BCUT2D eigenvalue weighted by molar-refractivity contribution is 1.12. The number of rotatable bonds is 4. The number of fused-ring (bicyclic) bond motifs is 4. The van der Waals surface area contributed by atoms with Gasteiger partial charge in [0.25, 0.3) is 0 Å². The summed E-state index contributed by atoms with van der Waals surface area (Å²) in [5.74, 6) is 0. The van der Waals surface area contributed by atoms with Crippen molar-refractivity contribution in [2.75, 3.05) is 15.1 Å². The summed E-state index contributed by atoms with van der Waals surface area (Å²) in [7, 11) is 0. The Labute approximate surface area is 264 Å². The molecule has 1 unspecified atom stereocenters. The molecule has 0 bridgehead atoms. The van der Waals surface area contributed by atoms with Crippen LogP contribution in [0.2, 0.25) is 0 Å². The molecule has 7 aromatic rings. The average Bonchev–Trinajstić information content (AvgIpc) is 3.72. The van der Waals surface area contributed by atoms with Crippen LogP contribution in [-0.4, -0.2) is 4.98 Å². The fourth-order valence-corrected chi connectivity index (χ4v) is 8.30. The summed E-state index contributed by atoms with van der Waals surface area (Å²) in [6.45, 7) is 0. The molecule has 0 fully saturated rings. The Morgan fingerprint density at radius 3 is 1.70 bits per heavy atom. The van der Waals surface area contributed by atoms with Crippen LogP contribution in [0.5, 0.6) is 0 Å². The molecule has 210 valence electrons. The second kappa shape index (κ2) is 10.3. The number of hydrogen-bond acceptors (Lipinski definition) is 6. The number of hydrogen-bond donors (Lipinski definition) is 1.